The SMILES string of the molecule is CCc1ccccn1.CCc1cccnc1. The monoisotopic (exact) mass is 214 g/mol. The number of aryl methyl sites for hydroxylation is 2. The minimum Gasteiger partial charge on any atom is -0.264 e. The third kappa shape index (κ3) is 4.69. The lowest BCUT2D eigenvalue weighted by Crippen LogP contribution is -1.81. The zero-order valence-electron chi connectivity index (χ0n) is 9.93. The number of hydrogen-bond acceptors (Lipinski definition) is 2. The van der Waals surface area contributed by atoms with Crippen LogP contribution in [0.1, 0.15) is 25.1 Å². The number of hydrogen-bond donors (Lipinski definition) is 0. The molecule has 0 amide bonds. The standard InChI is InChI=1S/2C7H9N/c1-2-7-4-3-5-8-6-7;1-2-7-5-3-4-6-8-7/h2*3-6H,2H2,1H3. The molecule has 0 aliphatic rings. The lowest BCUT2D eigenvalue weighted by molar-refractivity contribution is 1.04. The highest BCUT2D eigenvalue weighted by Crippen LogP contribution is 1.93. The third-order valence-electron chi connectivity index (χ3n) is 2.22. The second kappa shape index (κ2) is 7.57. The summed E-state index contributed by atoms with van der Waals surface area (Å²) in [5.41, 5.74) is 2.46. The van der Waals surface area contributed by atoms with Gasteiger partial charge in [0, 0.05) is 24.3 Å². The van der Waals surface area contributed by atoms with Crippen LogP contribution in [0, 0.1) is 0 Å². The van der Waals surface area contributed by atoms with Gasteiger partial charge >= 0.3 is 0 Å². The number of aromatic nitrogens is 2. The Kier molecular flexibility index (Phi) is 5.86. The Balaban J connectivity index is 0.000000160. The molecule has 2 aromatic heterocycles. The molecule has 0 aliphatic carbocycles. The summed E-state index contributed by atoms with van der Waals surface area (Å²) in [5, 5.41) is 0. The molecule has 2 heterocycles. The van der Waals surface area contributed by atoms with Crippen LogP contribution in [-0.4, -0.2) is 9.97 Å². The van der Waals surface area contributed by atoms with Crippen molar-refractivity contribution in [2.24, 2.45) is 0 Å². The smallest absolute Gasteiger partial charge is 0.0400 e. The highest BCUT2D eigenvalue weighted by molar-refractivity contribution is 5.07. The summed E-state index contributed by atoms with van der Waals surface area (Å²) in [6.07, 6.45) is 7.60. The van der Waals surface area contributed by atoms with E-state index in [0.717, 1.165) is 18.5 Å². The van der Waals surface area contributed by atoms with E-state index in [-0.39, 0.29) is 0 Å². The molecule has 0 radical (unpaired) electrons. The van der Waals surface area contributed by atoms with E-state index in [9.17, 15) is 0 Å². The first-order chi connectivity index (χ1) is 7.86. The maximum absolute atomic E-state index is 4.10. The van der Waals surface area contributed by atoms with Gasteiger partial charge in [-0.1, -0.05) is 26.0 Å². The predicted octanol–water partition coefficient (Wildman–Crippen LogP) is 3.29. The van der Waals surface area contributed by atoms with Crippen molar-refractivity contribution in [2.45, 2.75) is 26.7 Å². The Hall–Kier alpha value is -1.70. The summed E-state index contributed by atoms with van der Waals surface area (Å²) < 4.78 is 0. The van der Waals surface area contributed by atoms with E-state index < -0.39 is 0 Å². The van der Waals surface area contributed by atoms with E-state index in [1.807, 2.05) is 36.7 Å². The van der Waals surface area contributed by atoms with E-state index >= 15 is 0 Å². The van der Waals surface area contributed by atoms with E-state index in [0.29, 0.717) is 0 Å². The molecular weight excluding hydrogens is 196 g/mol. The topological polar surface area (TPSA) is 25.8 Å². The molecule has 16 heavy (non-hydrogen) atoms. The van der Waals surface area contributed by atoms with Gasteiger partial charge in [0.1, 0.15) is 0 Å². The van der Waals surface area contributed by atoms with Gasteiger partial charge in [-0.3, -0.25) is 9.97 Å². The van der Waals surface area contributed by atoms with E-state index in [4.69, 9.17) is 0 Å². The first kappa shape index (κ1) is 12.4. The van der Waals surface area contributed by atoms with Crippen LogP contribution in [0.25, 0.3) is 0 Å². The van der Waals surface area contributed by atoms with Gasteiger partial charge in [0.25, 0.3) is 0 Å². The normalized spacial score (nSPS) is 9.12. The van der Waals surface area contributed by atoms with Crippen LogP contribution < -0.4 is 0 Å². The Morgan fingerprint density at radius 1 is 0.938 bits per heavy atom. The summed E-state index contributed by atoms with van der Waals surface area (Å²) in [6.45, 7) is 4.22. The van der Waals surface area contributed by atoms with Crippen LogP contribution in [0.2, 0.25) is 0 Å². The maximum atomic E-state index is 4.10. The highest BCUT2D eigenvalue weighted by atomic mass is 14.7. The molecule has 2 rings (SSSR count). The molecule has 0 N–H and O–H groups in total. The fourth-order valence-electron chi connectivity index (χ4n) is 1.21. The average molecular weight is 214 g/mol. The molecule has 0 aromatic carbocycles. The minimum atomic E-state index is 1.03. The molecule has 2 aromatic rings. The fourth-order valence-corrected chi connectivity index (χ4v) is 1.21. The van der Waals surface area contributed by atoms with Crippen molar-refractivity contribution in [1.29, 1.82) is 0 Å². The van der Waals surface area contributed by atoms with E-state index in [1.165, 1.54) is 5.56 Å². The van der Waals surface area contributed by atoms with Crippen LogP contribution in [0.15, 0.2) is 48.9 Å². The predicted molar refractivity (Wildman–Crippen MR) is 67.2 cm³/mol. The van der Waals surface area contributed by atoms with Gasteiger partial charge in [-0.2, -0.15) is 0 Å². The zero-order valence-corrected chi connectivity index (χ0v) is 9.93. The maximum Gasteiger partial charge on any atom is 0.0400 e. The van der Waals surface area contributed by atoms with Crippen LogP contribution in [0.5, 0.6) is 0 Å². The molecule has 0 aliphatic heterocycles. The van der Waals surface area contributed by atoms with Gasteiger partial charge < -0.3 is 0 Å². The van der Waals surface area contributed by atoms with Crippen molar-refractivity contribution < 1.29 is 0 Å². The number of pyridine rings is 2. The molecule has 0 fully saturated rings. The fraction of sp³-hybridized carbons (Fsp3) is 0.286. The van der Waals surface area contributed by atoms with Gasteiger partial charge in [0.15, 0.2) is 0 Å². The summed E-state index contributed by atoms with van der Waals surface area (Å²) in [6, 6.07) is 10.00. The van der Waals surface area contributed by atoms with Crippen LogP contribution in [0.4, 0.5) is 0 Å². The molecule has 0 atom stereocenters. The van der Waals surface area contributed by atoms with Crippen molar-refractivity contribution in [3.63, 3.8) is 0 Å². The summed E-state index contributed by atoms with van der Waals surface area (Å²) in [7, 11) is 0. The molecule has 2 nitrogen and oxygen atoms in total. The van der Waals surface area contributed by atoms with Crippen molar-refractivity contribution in [1.82, 2.24) is 9.97 Å². The minimum absolute atomic E-state index is 1.03. The summed E-state index contributed by atoms with van der Waals surface area (Å²) in [5.74, 6) is 0. The average Bonchev–Trinajstić information content (AvgIpc) is 2.41. The second-order valence-corrected chi connectivity index (χ2v) is 3.39. The summed E-state index contributed by atoms with van der Waals surface area (Å²) in [4.78, 5) is 8.05. The Morgan fingerprint density at radius 3 is 2.19 bits per heavy atom. The second-order valence-electron chi connectivity index (χ2n) is 3.39. The van der Waals surface area contributed by atoms with Crippen molar-refractivity contribution >= 4 is 0 Å². The first-order valence-electron chi connectivity index (χ1n) is 5.65. The Morgan fingerprint density at radius 2 is 1.81 bits per heavy atom. The van der Waals surface area contributed by atoms with Crippen LogP contribution in [-0.2, 0) is 12.8 Å². The zero-order chi connectivity index (χ0) is 11.6. The molecule has 84 valence electrons. The third-order valence-corrected chi connectivity index (χ3v) is 2.22. The molecule has 2 heteroatoms. The lowest BCUT2D eigenvalue weighted by atomic mass is 10.2. The molecule has 0 spiro atoms. The first-order valence-corrected chi connectivity index (χ1v) is 5.65. The number of rotatable bonds is 2. The van der Waals surface area contributed by atoms with Gasteiger partial charge in [-0.15, -0.1) is 0 Å². The molecule has 0 unspecified atom stereocenters. The van der Waals surface area contributed by atoms with Crippen molar-refractivity contribution in [3.8, 4) is 0 Å². The molecule has 0 saturated carbocycles. The van der Waals surface area contributed by atoms with E-state index in [2.05, 4.69) is 29.9 Å². The number of nitrogens with zero attached hydrogens (tertiary/aromatic N) is 2. The largest absolute Gasteiger partial charge is 0.264 e. The molecular formula is C14H18N2. The molecule has 0 bridgehead atoms. The van der Waals surface area contributed by atoms with Crippen molar-refractivity contribution in [2.75, 3.05) is 0 Å². The van der Waals surface area contributed by atoms with Gasteiger partial charge in [0.05, 0.1) is 0 Å². The lowest BCUT2D eigenvalue weighted by Gasteiger charge is -1.88. The van der Waals surface area contributed by atoms with E-state index in [1.54, 1.807) is 6.20 Å². The summed E-state index contributed by atoms with van der Waals surface area (Å²) >= 11 is 0. The Bertz CT molecular complexity index is 331. The van der Waals surface area contributed by atoms with Crippen LogP contribution >= 0.6 is 0 Å². The van der Waals surface area contributed by atoms with Gasteiger partial charge in [0.2, 0.25) is 0 Å². The molecule has 0 saturated heterocycles. The quantitative estimate of drug-likeness (QED) is 0.766. The van der Waals surface area contributed by atoms with Gasteiger partial charge in [-0.25, -0.2) is 0 Å². The van der Waals surface area contributed by atoms with Crippen LogP contribution in [0.3, 0.4) is 0 Å². The highest BCUT2D eigenvalue weighted by Gasteiger charge is 1.82. The van der Waals surface area contributed by atoms with Crippen molar-refractivity contribution in [3.05, 3.63) is 60.2 Å². The Labute approximate surface area is 97.4 Å². The van der Waals surface area contributed by atoms with Gasteiger partial charge in [-0.05, 0) is 36.6 Å².